The minimum Gasteiger partial charge on any atom is -0.481 e. The van der Waals surface area contributed by atoms with Crippen LogP contribution in [0.25, 0.3) is 0 Å². The second-order valence-electron chi connectivity index (χ2n) is 6.31. The van der Waals surface area contributed by atoms with Gasteiger partial charge in [-0.1, -0.05) is 19.8 Å². The number of rotatable bonds is 9. The molecular formula is C16H26N2O3. The van der Waals surface area contributed by atoms with Gasteiger partial charge in [0.1, 0.15) is 0 Å². The number of amides is 2. The molecule has 0 aromatic heterocycles. The van der Waals surface area contributed by atoms with Crippen LogP contribution in [-0.2, 0) is 4.79 Å². The lowest BCUT2D eigenvalue weighted by Gasteiger charge is -2.23. The van der Waals surface area contributed by atoms with Gasteiger partial charge in [-0.05, 0) is 37.0 Å². The summed E-state index contributed by atoms with van der Waals surface area (Å²) in [7, 11) is 0. The molecule has 118 valence electrons. The lowest BCUT2D eigenvalue weighted by Crippen LogP contribution is -2.43. The molecule has 0 unspecified atom stereocenters. The third-order valence-corrected chi connectivity index (χ3v) is 3.55. The summed E-state index contributed by atoms with van der Waals surface area (Å²) < 4.78 is 0. The van der Waals surface area contributed by atoms with E-state index in [0.717, 1.165) is 19.3 Å². The van der Waals surface area contributed by atoms with Crippen molar-refractivity contribution in [3.63, 3.8) is 0 Å². The van der Waals surface area contributed by atoms with Crippen LogP contribution in [0.5, 0.6) is 0 Å². The number of carbonyl (C=O) groups is 2. The van der Waals surface area contributed by atoms with Gasteiger partial charge in [0.25, 0.3) is 0 Å². The van der Waals surface area contributed by atoms with Gasteiger partial charge in [-0.3, -0.25) is 4.79 Å². The first-order valence-electron chi connectivity index (χ1n) is 7.60. The molecule has 1 aliphatic carbocycles. The lowest BCUT2D eigenvalue weighted by molar-refractivity contribution is -0.138. The van der Waals surface area contributed by atoms with Crippen molar-refractivity contribution >= 4 is 12.0 Å². The van der Waals surface area contributed by atoms with Gasteiger partial charge in [0.05, 0.1) is 6.54 Å². The summed E-state index contributed by atoms with van der Waals surface area (Å²) in [6.07, 6.45) is 8.48. The molecule has 1 fully saturated rings. The highest BCUT2D eigenvalue weighted by Crippen LogP contribution is 2.29. The monoisotopic (exact) mass is 294 g/mol. The van der Waals surface area contributed by atoms with Crippen LogP contribution in [0.2, 0.25) is 0 Å². The van der Waals surface area contributed by atoms with Gasteiger partial charge < -0.3 is 15.3 Å². The summed E-state index contributed by atoms with van der Waals surface area (Å²) in [6.45, 7) is 5.48. The van der Waals surface area contributed by atoms with E-state index in [1.54, 1.807) is 4.90 Å². The van der Waals surface area contributed by atoms with Crippen LogP contribution in [0.4, 0.5) is 4.79 Å². The summed E-state index contributed by atoms with van der Waals surface area (Å²) in [5, 5.41) is 11.8. The quantitative estimate of drug-likeness (QED) is 0.640. The highest BCUT2D eigenvalue weighted by molar-refractivity contribution is 5.74. The van der Waals surface area contributed by atoms with Gasteiger partial charge in [0.2, 0.25) is 0 Å². The minimum absolute atomic E-state index is 0.0416. The largest absolute Gasteiger partial charge is 0.481 e. The molecular weight excluding hydrogens is 268 g/mol. The van der Waals surface area contributed by atoms with E-state index >= 15 is 0 Å². The number of carboxylic acids is 1. The molecule has 5 nitrogen and oxygen atoms in total. The molecule has 1 rings (SSSR count). The summed E-state index contributed by atoms with van der Waals surface area (Å²) >= 11 is 0. The molecule has 0 aromatic carbocycles. The van der Waals surface area contributed by atoms with E-state index in [2.05, 4.69) is 25.1 Å². The molecule has 1 aliphatic rings. The van der Waals surface area contributed by atoms with Crippen LogP contribution in [0.3, 0.4) is 0 Å². The van der Waals surface area contributed by atoms with Gasteiger partial charge in [-0.2, -0.15) is 0 Å². The van der Waals surface area contributed by atoms with Crippen molar-refractivity contribution in [3.05, 3.63) is 0 Å². The Hall–Kier alpha value is -1.70. The molecule has 2 amide bonds. The molecule has 0 aliphatic heterocycles. The molecule has 2 N–H and O–H groups in total. The Morgan fingerprint density at radius 1 is 1.43 bits per heavy atom. The lowest BCUT2D eigenvalue weighted by atomic mass is 9.94. The summed E-state index contributed by atoms with van der Waals surface area (Å²) in [4.78, 5) is 24.7. The van der Waals surface area contributed by atoms with Gasteiger partial charge in [-0.15, -0.1) is 6.42 Å². The van der Waals surface area contributed by atoms with E-state index in [1.807, 2.05) is 0 Å². The zero-order chi connectivity index (χ0) is 15.8. The zero-order valence-electron chi connectivity index (χ0n) is 13.0. The van der Waals surface area contributed by atoms with Crippen LogP contribution in [0, 0.1) is 30.1 Å². The van der Waals surface area contributed by atoms with Crippen LogP contribution in [0.1, 0.15) is 39.5 Å². The predicted molar refractivity (Wildman–Crippen MR) is 81.7 cm³/mol. The van der Waals surface area contributed by atoms with E-state index < -0.39 is 5.97 Å². The summed E-state index contributed by atoms with van der Waals surface area (Å²) in [5.41, 5.74) is 0. The normalized spacial score (nSPS) is 15.3. The van der Waals surface area contributed by atoms with Gasteiger partial charge in [0.15, 0.2) is 0 Å². The maximum absolute atomic E-state index is 12.1. The number of terminal acetylenes is 1. The number of aliphatic carboxylic acids is 1. The standard InChI is InChI=1S/C16H26N2O3/c1-4-7-18(11-13-5-6-13)16(21)17-10-14(8-12(2)3)9-15(19)20/h1,12-14H,5-11H2,2-3H3,(H,17,21)(H,19,20)/t14-/m0/s1. The van der Waals surface area contributed by atoms with Crippen molar-refractivity contribution in [2.45, 2.75) is 39.5 Å². The fourth-order valence-corrected chi connectivity index (χ4v) is 2.44. The first-order chi connectivity index (χ1) is 9.92. The molecule has 5 heteroatoms. The van der Waals surface area contributed by atoms with E-state index in [0.29, 0.717) is 31.5 Å². The van der Waals surface area contributed by atoms with E-state index in [-0.39, 0.29) is 18.4 Å². The molecule has 0 heterocycles. The van der Waals surface area contributed by atoms with Crippen LogP contribution in [-0.4, -0.2) is 41.6 Å². The van der Waals surface area contributed by atoms with Crippen molar-refractivity contribution in [1.29, 1.82) is 0 Å². The molecule has 0 saturated heterocycles. The molecule has 0 spiro atoms. The minimum atomic E-state index is -0.826. The number of nitrogens with one attached hydrogen (secondary N) is 1. The number of carbonyl (C=O) groups excluding carboxylic acids is 1. The van der Waals surface area contributed by atoms with Gasteiger partial charge in [-0.25, -0.2) is 4.79 Å². The molecule has 0 radical (unpaired) electrons. The predicted octanol–water partition coefficient (Wildman–Crippen LogP) is 2.18. The van der Waals surface area contributed by atoms with Crippen molar-refractivity contribution in [3.8, 4) is 12.3 Å². The highest BCUT2D eigenvalue weighted by atomic mass is 16.4. The van der Waals surface area contributed by atoms with Gasteiger partial charge >= 0.3 is 12.0 Å². The first kappa shape index (κ1) is 17.4. The average molecular weight is 294 g/mol. The topological polar surface area (TPSA) is 69.6 Å². The molecule has 0 bridgehead atoms. The zero-order valence-corrected chi connectivity index (χ0v) is 13.0. The van der Waals surface area contributed by atoms with Crippen LogP contribution < -0.4 is 5.32 Å². The summed E-state index contributed by atoms with van der Waals surface area (Å²) in [6, 6.07) is -0.181. The number of hydrogen-bond donors (Lipinski definition) is 2. The molecule has 21 heavy (non-hydrogen) atoms. The Labute approximate surface area is 127 Å². The molecule has 1 atom stereocenters. The van der Waals surface area contributed by atoms with Crippen molar-refractivity contribution in [2.24, 2.45) is 17.8 Å². The second kappa shape index (κ2) is 8.56. The number of nitrogens with zero attached hydrogens (tertiary/aromatic N) is 1. The average Bonchev–Trinajstić information content (AvgIpc) is 3.17. The number of urea groups is 1. The van der Waals surface area contributed by atoms with Gasteiger partial charge in [0, 0.05) is 19.5 Å². The fraction of sp³-hybridized carbons (Fsp3) is 0.750. The Morgan fingerprint density at radius 2 is 2.10 bits per heavy atom. The maximum Gasteiger partial charge on any atom is 0.318 e. The first-order valence-corrected chi connectivity index (χ1v) is 7.60. The highest BCUT2D eigenvalue weighted by Gasteiger charge is 2.26. The van der Waals surface area contributed by atoms with Crippen LogP contribution >= 0.6 is 0 Å². The third-order valence-electron chi connectivity index (χ3n) is 3.55. The Balaban J connectivity index is 2.45. The number of carboxylic acid groups (broad SMARTS) is 1. The van der Waals surface area contributed by atoms with Crippen molar-refractivity contribution < 1.29 is 14.7 Å². The third kappa shape index (κ3) is 7.60. The Kier molecular flexibility index (Phi) is 7.07. The van der Waals surface area contributed by atoms with Crippen molar-refractivity contribution in [1.82, 2.24) is 10.2 Å². The van der Waals surface area contributed by atoms with E-state index in [1.165, 1.54) is 0 Å². The maximum atomic E-state index is 12.1. The summed E-state index contributed by atoms with van der Waals surface area (Å²) in [5.74, 6) is 2.62. The van der Waals surface area contributed by atoms with E-state index in [9.17, 15) is 9.59 Å². The smallest absolute Gasteiger partial charge is 0.318 e. The number of hydrogen-bond acceptors (Lipinski definition) is 2. The van der Waals surface area contributed by atoms with Crippen molar-refractivity contribution in [2.75, 3.05) is 19.6 Å². The molecule has 1 saturated carbocycles. The fourth-order valence-electron chi connectivity index (χ4n) is 2.44. The molecule has 0 aromatic rings. The Morgan fingerprint density at radius 3 is 2.57 bits per heavy atom. The van der Waals surface area contributed by atoms with E-state index in [4.69, 9.17) is 11.5 Å². The second-order valence-corrected chi connectivity index (χ2v) is 6.31. The van der Waals surface area contributed by atoms with Crippen LogP contribution in [0.15, 0.2) is 0 Å². The SMILES string of the molecule is C#CCN(CC1CC1)C(=O)NC[C@H](CC(=O)O)CC(C)C. The Bertz CT molecular complexity index is 397.